The summed E-state index contributed by atoms with van der Waals surface area (Å²) < 4.78 is 27.6. The van der Waals surface area contributed by atoms with Crippen LogP contribution in [0, 0.1) is 6.92 Å². The Labute approximate surface area is 122 Å². The maximum Gasteiger partial charge on any atom is 0.235 e. The Morgan fingerprint density at radius 3 is 2.76 bits per heavy atom. The minimum atomic E-state index is -3.07. The molecule has 2 rings (SSSR count). The van der Waals surface area contributed by atoms with Crippen molar-refractivity contribution in [3.63, 3.8) is 0 Å². The van der Waals surface area contributed by atoms with Crippen LogP contribution in [0.3, 0.4) is 0 Å². The summed E-state index contributed by atoms with van der Waals surface area (Å²) in [5.41, 5.74) is 0. The largest absolute Gasteiger partial charge is 0.360 e. The summed E-state index contributed by atoms with van der Waals surface area (Å²) in [5, 5.41) is 6.04. The van der Waals surface area contributed by atoms with E-state index in [1.54, 1.807) is 6.92 Å². The Kier molecular flexibility index (Phi) is 4.31. The molecule has 1 aromatic heterocycles. The second-order valence-electron chi connectivity index (χ2n) is 5.11. The highest BCUT2D eigenvalue weighted by molar-refractivity contribution is 7.91. The lowest BCUT2D eigenvalue weighted by molar-refractivity contribution is -0.134. The molecule has 1 saturated heterocycles. The van der Waals surface area contributed by atoms with Crippen molar-refractivity contribution in [2.24, 2.45) is 0 Å². The van der Waals surface area contributed by atoms with E-state index in [2.05, 4.69) is 10.5 Å². The number of aromatic nitrogens is 1. The summed E-state index contributed by atoms with van der Waals surface area (Å²) in [4.78, 5) is 25.0. The van der Waals surface area contributed by atoms with Crippen LogP contribution in [0.5, 0.6) is 0 Å². The monoisotopic (exact) mass is 315 g/mol. The molecule has 1 aromatic rings. The van der Waals surface area contributed by atoms with Gasteiger partial charge in [0.15, 0.2) is 15.7 Å². The van der Waals surface area contributed by atoms with Gasteiger partial charge in [-0.05, 0) is 13.3 Å². The van der Waals surface area contributed by atoms with E-state index in [0.29, 0.717) is 12.2 Å². The zero-order chi connectivity index (χ0) is 15.6. The predicted octanol–water partition coefficient (Wildman–Crippen LogP) is -0.0429. The Morgan fingerprint density at radius 2 is 2.24 bits per heavy atom. The molecule has 0 radical (unpaired) electrons. The van der Waals surface area contributed by atoms with Gasteiger partial charge in [0, 0.05) is 19.2 Å². The fourth-order valence-corrected chi connectivity index (χ4v) is 3.93. The molecule has 1 unspecified atom stereocenters. The maximum atomic E-state index is 12.0. The molecule has 21 heavy (non-hydrogen) atoms. The molecule has 0 saturated carbocycles. The van der Waals surface area contributed by atoms with E-state index in [1.807, 2.05) is 0 Å². The van der Waals surface area contributed by atoms with Crippen LogP contribution in [0.4, 0.5) is 5.82 Å². The van der Waals surface area contributed by atoms with Gasteiger partial charge in [0.2, 0.25) is 11.8 Å². The molecule has 9 heteroatoms. The van der Waals surface area contributed by atoms with Crippen molar-refractivity contribution in [1.82, 2.24) is 10.1 Å². The van der Waals surface area contributed by atoms with Gasteiger partial charge in [0.25, 0.3) is 0 Å². The molecule has 0 bridgehead atoms. The van der Waals surface area contributed by atoms with Crippen LogP contribution in [0.1, 0.15) is 18.6 Å². The van der Waals surface area contributed by atoms with Crippen molar-refractivity contribution in [1.29, 1.82) is 0 Å². The molecule has 116 valence electrons. The lowest BCUT2D eigenvalue weighted by Gasteiger charge is -2.23. The number of sulfone groups is 1. The number of amides is 2. The Hall–Kier alpha value is -1.90. The van der Waals surface area contributed by atoms with Crippen LogP contribution in [0.15, 0.2) is 10.6 Å². The van der Waals surface area contributed by atoms with Gasteiger partial charge in [-0.2, -0.15) is 0 Å². The number of aryl methyl sites for hydroxylation is 1. The number of hydrogen-bond donors (Lipinski definition) is 1. The summed E-state index contributed by atoms with van der Waals surface area (Å²) in [6, 6.07) is 1.18. The standard InChI is InChI=1S/C12H17N3O5S/c1-8-5-10(14-20-8)13-11(16)6-12(17)15(2)9-3-4-21(18,19)7-9/h5,9H,3-4,6-7H2,1-2H3,(H,13,14,16). The number of rotatable bonds is 4. The molecule has 2 heterocycles. The van der Waals surface area contributed by atoms with Gasteiger partial charge < -0.3 is 14.7 Å². The zero-order valence-electron chi connectivity index (χ0n) is 11.8. The van der Waals surface area contributed by atoms with Crippen molar-refractivity contribution < 1.29 is 22.5 Å². The second-order valence-corrected chi connectivity index (χ2v) is 7.34. The van der Waals surface area contributed by atoms with Crippen molar-refractivity contribution in [3.05, 3.63) is 11.8 Å². The highest BCUT2D eigenvalue weighted by atomic mass is 32.2. The number of hydrogen-bond acceptors (Lipinski definition) is 6. The molecule has 1 atom stereocenters. The minimum absolute atomic E-state index is 0.0423. The number of nitrogens with one attached hydrogen (secondary N) is 1. The smallest absolute Gasteiger partial charge is 0.235 e. The topological polar surface area (TPSA) is 110 Å². The highest BCUT2D eigenvalue weighted by Gasteiger charge is 2.33. The van der Waals surface area contributed by atoms with E-state index in [9.17, 15) is 18.0 Å². The Bertz CT molecular complexity index is 652. The Balaban J connectivity index is 1.87. The molecule has 1 aliphatic rings. The van der Waals surface area contributed by atoms with Gasteiger partial charge in [0.05, 0.1) is 11.5 Å². The van der Waals surface area contributed by atoms with E-state index in [0.717, 1.165) is 0 Å². The minimum Gasteiger partial charge on any atom is -0.360 e. The molecule has 2 amide bonds. The first kappa shape index (κ1) is 15.5. The lowest BCUT2D eigenvalue weighted by Crippen LogP contribution is -2.39. The van der Waals surface area contributed by atoms with Gasteiger partial charge >= 0.3 is 0 Å². The van der Waals surface area contributed by atoms with Crippen molar-refractivity contribution in [2.45, 2.75) is 25.8 Å². The third-order valence-corrected chi connectivity index (χ3v) is 5.11. The fourth-order valence-electron chi connectivity index (χ4n) is 2.16. The summed E-state index contributed by atoms with van der Waals surface area (Å²) in [7, 11) is -1.55. The molecule has 1 fully saturated rings. The first-order chi connectivity index (χ1) is 9.77. The molecular weight excluding hydrogens is 298 g/mol. The van der Waals surface area contributed by atoms with Crippen LogP contribution in [0.2, 0.25) is 0 Å². The Morgan fingerprint density at radius 1 is 1.52 bits per heavy atom. The normalized spacial score (nSPS) is 20.2. The van der Waals surface area contributed by atoms with Gasteiger partial charge in [-0.3, -0.25) is 9.59 Å². The number of carbonyl (C=O) groups excluding carboxylic acids is 2. The predicted molar refractivity (Wildman–Crippen MR) is 74.3 cm³/mol. The fraction of sp³-hybridized carbons (Fsp3) is 0.583. The van der Waals surface area contributed by atoms with Crippen LogP contribution in [-0.2, 0) is 19.4 Å². The average Bonchev–Trinajstić information content (AvgIpc) is 2.94. The van der Waals surface area contributed by atoms with Crippen molar-refractivity contribution in [2.75, 3.05) is 23.9 Å². The molecular formula is C12H17N3O5S. The summed E-state index contributed by atoms with van der Waals surface area (Å²) in [5.74, 6) is -0.101. The molecule has 8 nitrogen and oxygen atoms in total. The van der Waals surface area contributed by atoms with Crippen LogP contribution < -0.4 is 5.32 Å². The second kappa shape index (κ2) is 5.84. The molecule has 1 aliphatic heterocycles. The first-order valence-electron chi connectivity index (χ1n) is 6.46. The average molecular weight is 315 g/mol. The maximum absolute atomic E-state index is 12.0. The molecule has 1 N–H and O–H groups in total. The number of nitrogens with zero attached hydrogens (tertiary/aromatic N) is 2. The van der Waals surface area contributed by atoms with Crippen LogP contribution >= 0.6 is 0 Å². The van der Waals surface area contributed by atoms with Crippen LogP contribution in [0.25, 0.3) is 0 Å². The van der Waals surface area contributed by atoms with Crippen molar-refractivity contribution >= 4 is 27.5 Å². The molecule has 0 spiro atoms. The van der Waals surface area contributed by atoms with E-state index >= 15 is 0 Å². The third-order valence-electron chi connectivity index (χ3n) is 3.36. The third kappa shape index (κ3) is 4.03. The SMILES string of the molecule is Cc1cc(NC(=O)CC(=O)N(C)C2CCS(=O)(=O)C2)no1. The summed E-state index contributed by atoms with van der Waals surface area (Å²) in [6.45, 7) is 1.68. The van der Waals surface area contributed by atoms with E-state index < -0.39 is 21.7 Å². The lowest BCUT2D eigenvalue weighted by atomic mass is 10.2. The summed E-state index contributed by atoms with van der Waals surface area (Å²) in [6.07, 6.45) is 0.0492. The summed E-state index contributed by atoms with van der Waals surface area (Å²) >= 11 is 0. The number of anilines is 1. The van der Waals surface area contributed by atoms with E-state index in [4.69, 9.17) is 4.52 Å². The van der Waals surface area contributed by atoms with Gasteiger partial charge in [-0.25, -0.2) is 8.42 Å². The van der Waals surface area contributed by atoms with Crippen LogP contribution in [-0.4, -0.2) is 54.9 Å². The molecule has 0 aliphatic carbocycles. The first-order valence-corrected chi connectivity index (χ1v) is 8.28. The van der Waals surface area contributed by atoms with Gasteiger partial charge in [0.1, 0.15) is 12.2 Å². The van der Waals surface area contributed by atoms with E-state index in [-0.39, 0.29) is 29.8 Å². The van der Waals surface area contributed by atoms with E-state index in [1.165, 1.54) is 18.0 Å². The highest BCUT2D eigenvalue weighted by Crippen LogP contribution is 2.17. The zero-order valence-corrected chi connectivity index (χ0v) is 12.6. The van der Waals surface area contributed by atoms with Crippen molar-refractivity contribution in [3.8, 4) is 0 Å². The quantitative estimate of drug-likeness (QED) is 0.781. The van der Waals surface area contributed by atoms with Gasteiger partial charge in [-0.1, -0.05) is 5.16 Å². The number of carbonyl (C=O) groups is 2. The molecule has 0 aromatic carbocycles. The van der Waals surface area contributed by atoms with Gasteiger partial charge in [-0.15, -0.1) is 0 Å².